The van der Waals surface area contributed by atoms with Gasteiger partial charge in [-0.2, -0.15) is 0 Å². The lowest BCUT2D eigenvalue weighted by Gasteiger charge is -2.28. The second-order valence-corrected chi connectivity index (χ2v) is 7.45. The summed E-state index contributed by atoms with van der Waals surface area (Å²) in [7, 11) is 0. The van der Waals surface area contributed by atoms with Crippen molar-refractivity contribution in [2.24, 2.45) is 11.1 Å². The minimum absolute atomic E-state index is 0. The maximum absolute atomic E-state index is 12.3. The van der Waals surface area contributed by atoms with Crippen molar-refractivity contribution in [1.29, 1.82) is 0 Å². The van der Waals surface area contributed by atoms with Gasteiger partial charge in [0.1, 0.15) is 13.2 Å². The first kappa shape index (κ1) is 20.1. The van der Waals surface area contributed by atoms with Crippen molar-refractivity contribution in [3.8, 4) is 11.5 Å². The largest absolute Gasteiger partial charge is 0.486 e. The predicted octanol–water partition coefficient (Wildman–Crippen LogP) is 3.19. The number of hydrogen-bond donors (Lipinski definition) is 2. The molecular weight excluding hydrogens is 384 g/mol. The first-order valence-corrected chi connectivity index (χ1v) is 8.14. The Labute approximate surface area is 151 Å². The van der Waals surface area contributed by atoms with Crippen molar-refractivity contribution >= 4 is 34.2 Å². The summed E-state index contributed by atoms with van der Waals surface area (Å²) in [5, 5.41) is 2.96. The van der Waals surface area contributed by atoms with E-state index in [0.717, 1.165) is 10.0 Å². The molecule has 1 aliphatic heterocycles. The molecule has 0 fully saturated rings. The molecule has 2 atom stereocenters. The third-order valence-corrected chi connectivity index (χ3v) is 4.39. The van der Waals surface area contributed by atoms with E-state index in [1.165, 1.54) is 0 Å². The van der Waals surface area contributed by atoms with Crippen LogP contribution in [0.15, 0.2) is 16.6 Å². The summed E-state index contributed by atoms with van der Waals surface area (Å²) in [6, 6.07) is 3.01. The van der Waals surface area contributed by atoms with Gasteiger partial charge in [0.05, 0.1) is 12.1 Å². The van der Waals surface area contributed by atoms with Crippen LogP contribution in [0.5, 0.6) is 11.5 Å². The van der Waals surface area contributed by atoms with E-state index < -0.39 is 6.04 Å². The van der Waals surface area contributed by atoms with Gasteiger partial charge in [-0.15, -0.1) is 12.4 Å². The fourth-order valence-corrected chi connectivity index (χ4v) is 2.85. The summed E-state index contributed by atoms with van der Waals surface area (Å²) in [6.45, 7) is 8.84. The van der Waals surface area contributed by atoms with E-state index in [9.17, 15) is 4.79 Å². The fourth-order valence-electron chi connectivity index (χ4n) is 2.19. The molecule has 7 heteroatoms. The van der Waals surface area contributed by atoms with E-state index in [0.29, 0.717) is 24.7 Å². The molecule has 0 spiro atoms. The smallest absolute Gasteiger partial charge is 0.237 e. The Kier molecular flexibility index (Phi) is 6.74. The third-order valence-electron chi connectivity index (χ3n) is 3.70. The monoisotopic (exact) mass is 406 g/mol. The summed E-state index contributed by atoms with van der Waals surface area (Å²) in [4.78, 5) is 12.3. The summed E-state index contributed by atoms with van der Waals surface area (Å²) >= 11 is 3.52. The van der Waals surface area contributed by atoms with Gasteiger partial charge < -0.3 is 20.5 Å². The van der Waals surface area contributed by atoms with Gasteiger partial charge in [-0.3, -0.25) is 4.79 Å². The van der Waals surface area contributed by atoms with E-state index in [2.05, 4.69) is 21.2 Å². The standard InChI is InChI=1S/C16H23BrN2O3.ClH/c1-9(19-15(20)14(18)16(2,3)4)10-7-12-13(8-11(10)17)22-6-5-21-12;/h7-9,14H,5-6,18H2,1-4H3,(H,19,20);1H/t9?,14-;/m1./s1. The average molecular weight is 408 g/mol. The third kappa shape index (κ3) is 4.75. The van der Waals surface area contributed by atoms with Crippen molar-refractivity contribution in [1.82, 2.24) is 5.32 Å². The van der Waals surface area contributed by atoms with E-state index in [1.807, 2.05) is 39.8 Å². The summed E-state index contributed by atoms with van der Waals surface area (Å²) in [5.41, 5.74) is 6.65. The Morgan fingerprint density at radius 3 is 2.30 bits per heavy atom. The van der Waals surface area contributed by atoms with Crippen molar-refractivity contribution in [2.45, 2.75) is 39.8 Å². The first-order valence-electron chi connectivity index (χ1n) is 7.35. The molecular formula is C16H24BrClN2O3. The summed E-state index contributed by atoms with van der Waals surface area (Å²) < 4.78 is 12.0. The van der Waals surface area contributed by atoms with Gasteiger partial charge in [0.2, 0.25) is 5.91 Å². The average Bonchev–Trinajstić information content (AvgIpc) is 2.44. The number of ether oxygens (including phenoxy) is 2. The van der Waals surface area contributed by atoms with Crippen LogP contribution >= 0.6 is 28.3 Å². The van der Waals surface area contributed by atoms with E-state index >= 15 is 0 Å². The molecule has 0 aliphatic carbocycles. The second kappa shape index (κ2) is 7.73. The molecule has 1 aromatic carbocycles. The van der Waals surface area contributed by atoms with Crippen LogP contribution in [0.3, 0.4) is 0 Å². The fraction of sp³-hybridized carbons (Fsp3) is 0.562. The Hall–Kier alpha value is -0.980. The Morgan fingerprint density at radius 2 is 1.78 bits per heavy atom. The highest BCUT2D eigenvalue weighted by molar-refractivity contribution is 9.10. The van der Waals surface area contributed by atoms with Crippen molar-refractivity contribution in [3.63, 3.8) is 0 Å². The predicted molar refractivity (Wildman–Crippen MR) is 96.4 cm³/mol. The zero-order valence-electron chi connectivity index (χ0n) is 13.8. The number of nitrogens with one attached hydrogen (secondary N) is 1. The Balaban J connectivity index is 0.00000264. The minimum atomic E-state index is -0.564. The van der Waals surface area contributed by atoms with E-state index in [-0.39, 0.29) is 29.8 Å². The van der Waals surface area contributed by atoms with Crippen LogP contribution in [0, 0.1) is 5.41 Å². The molecule has 130 valence electrons. The number of carbonyl (C=O) groups excluding carboxylic acids is 1. The van der Waals surface area contributed by atoms with Gasteiger partial charge in [0, 0.05) is 4.47 Å². The van der Waals surface area contributed by atoms with Crippen molar-refractivity contribution < 1.29 is 14.3 Å². The number of carbonyl (C=O) groups is 1. The molecule has 23 heavy (non-hydrogen) atoms. The number of rotatable bonds is 3. The van der Waals surface area contributed by atoms with Crippen LogP contribution in [0.25, 0.3) is 0 Å². The van der Waals surface area contributed by atoms with Crippen LogP contribution in [-0.4, -0.2) is 25.2 Å². The highest BCUT2D eigenvalue weighted by atomic mass is 79.9. The van der Waals surface area contributed by atoms with Crippen molar-refractivity contribution in [3.05, 3.63) is 22.2 Å². The van der Waals surface area contributed by atoms with Crippen LogP contribution in [0.1, 0.15) is 39.3 Å². The number of halogens is 2. The molecule has 1 unspecified atom stereocenters. The molecule has 1 heterocycles. The molecule has 1 aromatic rings. The van der Waals surface area contributed by atoms with Crippen LogP contribution in [-0.2, 0) is 4.79 Å². The zero-order valence-corrected chi connectivity index (χ0v) is 16.2. The number of benzene rings is 1. The number of nitrogens with two attached hydrogens (primary N) is 1. The maximum atomic E-state index is 12.3. The summed E-state index contributed by atoms with van der Waals surface area (Å²) in [5.74, 6) is 1.25. The highest BCUT2D eigenvalue weighted by Gasteiger charge is 2.29. The molecule has 1 aliphatic rings. The lowest BCUT2D eigenvalue weighted by molar-refractivity contribution is -0.125. The molecule has 3 N–H and O–H groups in total. The lowest BCUT2D eigenvalue weighted by Crippen LogP contribution is -2.49. The zero-order chi connectivity index (χ0) is 16.5. The van der Waals surface area contributed by atoms with Gasteiger partial charge in [-0.25, -0.2) is 0 Å². The normalized spacial score (nSPS) is 16.1. The van der Waals surface area contributed by atoms with Crippen LogP contribution in [0.2, 0.25) is 0 Å². The minimum Gasteiger partial charge on any atom is -0.486 e. The van der Waals surface area contributed by atoms with E-state index in [1.54, 1.807) is 0 Å². The SMILES string of the molecule is CC(NC(=O)[C@@H](N)C(C)(C)C)c1cc2c(cc1Br)OCCO2.Cl. The summed E-state index contributed by atoms with van der Waals surface area (Å²) in [6.07, 6.45) is 0. The van der Waals surface area contributed by atoms with E-state index in [4.69, 9.17) is 15.2 Å². The first-order chi connectivity index (χ1) is 10.2. The van der Waals surface area contributed by atoms with Gasteiger partial charge in [0.15, 0.2) is 11.5 Å². The highest BCUT2D eigenvalue weighted by Crippen LogP contribution is 2.37. The lowest BCUT2D eigenvalue weighted by atomic mass is 9.86. The Morgan fingerprint density at radius 1 is 1.26 bits per heavy atom. The Bertz CT molecular complexity index is 575. The molecule has 0 saturated carbocycles. The van der Waals surface area contributed by atoms with Crippen LogP contribution in [0.4, 0.5) is 0 Å². The molecule has 2 rings (SSSR count). The molecule has 0 radical (unpaired) electrons. The van der Waals surface area contributed by atoms with Gasteiger partial charge >= 0.3 is 0 Å². The van der Waals surface area contributed by atoms with Crippen molar-refractivity contribution in [2.75, 3.05) is 13.2 Å². The molecule has 0 aromatic heterocycles. The van der Waals surface area contributed by atoms with Gasteiger partial charge in [-0.1, -0.05) is 36.7 Å². The van der Waals surface area contributed by atoms with Gasteiger partial charge in [-0.05, 0) is 30.0 Å². The van der Waals surface area contributed by atoms with Gasteiger partial charge in [0.25, 0.3) is 0 Å². The topological polar surface area (TPSA) is 73.6 Å². The quantitative estimate of drug-likeness (QED) is 0.807. The number of fused-ring (bicyclic) bond motifs is 1. The molecule has 1 amide bonds. The second-order valence-electron chi connectivity index (χ2n) is 6.59. The van der Waals surface area contributed by atoms with Crippen LogP contribution < -0.4 is 20.5 Å². The molecule has 5 nitrogen and oxygen atoms in total. The number of hydrogen-bond acceptors (Lipinski definition) is 4. The maximum Gasteiger partial charge on any atom is 0.237 e. The number of amides is 1. The molecule has 0 bridgehead atoms. The molecule has 0 saturated heterocycles.